The average molecular weight is 511 g/mol. The number of aromatic nitrogens is 3. The molecule has 0 bridgehead atoms. The third-order valence-corrected chi connectivity index (χ3v) is 6.63. The topological polar surface area (TPSA) is 78.3 Å². The quantitative estimate of drug-likeness (QED) is 0.202. The summed E-state index contributed by atoms with van der Waals surface area (Å²) in [6.45, 7) is 8.20. The van der Waals surface area contributed by atoms with E-state index < -0.39 is 12.0 Å². The number of rotatable bonds is 10. The van der Waals surface area contributed by atoms with Gasteiger partial charge >= 0.3 is 5.97 Å². The Kier molecular flexibility index (Phi) is 8.15. The lowest BCUT2D eigenvalue weighted by Gasteiger charge is -2.29. The van der Waals surface area contributed by atoms with Crippen molar-refractivity contribution in [3.8, 4) is 5.75 Å². The molecule has 0 aliphatic carbocycles. The number of hydrogen-bond acceptors (Lipinski definition) is 7. The number of fused-ring (bicyclic) bond motifs is 1. The molecule has 182 valence electrons. The molecule has 1 aliphatic rings. The molecule has 3 aromatic rings. The second-order valence-electron chi connectivity index (χ2n) is 7.88. The van der Waals surface area contributed by atoms with Crippen LogP contribution >= 0.6 is 23.4 Å². The lowest BCUT2D eigenvalue weighted by molar-refractivity contribution is -0.138. The van der Waals surface area contributed by atoms with Crippen LogP contribution in [0.1, 0.15) is 37.4 Å². The van der Waals surface area contributed by atoms with Gasteiger partial charge in [0.25, 0.3) is 0 Å². The van der Waals surface area contributed by atoms with Crippen molar-refractivity contribution >= 4 is 35.3 Å². The number of ether oxygens (including phenoxy) is 2. The van der Waals surface area contributed by atoms with Crippen LogP contribution in [-0.2, 0) is 15.3 Å². The van der Waals surface area contributed by atoms with E-state index in [2.05, 4.69) is 16.9 Å². The van der Waals surface area contributed by atoms with E-state index >= 15 is 0 Å². The van der Waals surface area contributed by atoms with Gasteiger partial charge in [-0.1, -0.05) is 79.3 Å². The molecule has 1 aromatic heterocycles. The van der Waals surface area contributed by atoms with Crippen molar-refractivity contribution in [3.05, 3.63) is 88.6 Å². The van der Waals surface area contributed by atoms with Crippen molar-refractivity contribution in [1.29, 1.82) is 0 Å². The number of nitrogens with one attached hydrogen (secondary N) is 1. The number of para-hydroxylation sites is 1. The molecular formula is C26H27ClN4O3S. The van der Waals surface area contributed by atoms with E-state index in [0.29, 0.717) is 45.5 Å². The zero-order valence-corrected chi connectivity index (χ0v) is 21.2. The Morgan fingerprint density at radius 1 is 1.26 bits per heavy atom. The SMILES string of the molecule is C=CCOC(=O)C1=C(C)Nc2nc(SCc3ccccc3Cl)nn2C1c1ccccc1OCCC. The van der Waals surface area contributed by atoms with Gasteiger partial charge in [-0.25, -0.2) is 9.48 Å². The molecule has 35 heavy (non-hydrogen) atoms. The fourth-order valence-corrected chi connectivity index (χ4v) is 4.88. The van der Waals surface area contributed by atoms with E-state index in [1.165, 1.54) is 11.8 Å². The number of thioether (sulfide) groups is 1. The van der Waals surface area contributed by atoms with Crippen molar-refractivity contribution < 1.29 is 14.3 Å². The van der Waals surface area contributed by atoms with Crippen LogP contribution in [0.25, 0.3) is 0 Å². The Labute approximate surface area is 214 Å². The third-order valence-electron chi connectivity index (χ3n) is 5.38. The summed E-state index contributed by atoms with van der Waals surface area (Å²) in [5.74, 6) is 1.40. The van der Waals surface area contributed by atoms with Crippen LogP contribution in [0.2, 0.25) is 5.02 Å². The molecule has 7 nitrogen and oxygen atoms in total. The molecule has 0 saturated carbocycles. The van der Waals surface area contributed by atoms with Gasteiger partial charge in [0.1, 0.15) is 18.4 Å². The maximum Gasteiger partial charge on any atom is 0.338 e. The molecule has 2 heterocycles. The molecule has 4 rings (SSSR count). The molecule has 9 heteroatoms. The highest BCUT2D eigenvalue weighted by atomic mass is 35.5. The Morgan fingerprint density at radius 2 is 2.03 bits per heavy atom. The number of halogens is 1. The smallest absolute Gasteiger partial charge is 0.338 e. The van der Waals surface area contributed by atoms with Crippen LogP contribution in [0.4, 0.5) is 5.95 Å². The maximum atomic E-state index is 13.2. The molecule has 0 amide bonds. The molecule has 1 atom stereocenters. The number of carbonyl (C=O) groups excluding carboxylic acids is 1. The summed E-state index contributed by atoms with van der Waals surface area (Å²) in [7, 11) is 0. The fourth-order valence-electron chi connectivity index (χ4n) is 3.76. The zero-order chi connectivity index (χ0) is 24.8. The molecule has 0 fully saturated rings. The lowest BCUT2D eigenvalue weighted by atomic mass is 9.95. The lowest BCUT2D eigenvalue weighted by Crippen LogP contribution is -2.30. The largest absolute Gasteiger partial charge is 0.493 e. The summed E-state index contributed by atoms with van der Waals surface area (Å²) in [4.78, 5) is 17.8. The van der Waals surface area contributed by atoms with Gasteiger partial charge in [-0.3, -0.25) is 0 Å². The van der Waals surface area contributed by atoms with Gasteiger partial charge in [0, 0.05) is 22.0 Å². The van der Waals surface area contributed by atoms with Crippen LogP contribution in [0.15, 0.2) is 77.6 Å². The van der Waals surface area contributed by atoms with Crippen molar-refractivity contribution in [2.45, 2.75) is 37.2 Å². The van der Waals surface area contributed by atoms with Gasteiger partial charge in [0.15, 0.2) is 0 Å². The predicted octanol–water partition coefficient (Wildman–Crippen LogP) is 6.03. The van der Waals surface area contributed by atoms with Crippen LogP contribution in [0.3, 0.4) is 0 Å². The molecule has 0 radical (unpaired) electrons. The Balaban J connectivity index is 1.73. The summed E-state index contributed by atoms with van der Waals surface area (Å²) in [6.07, 6.45) is 2.41. The minimum atomic E-state index is -0.571. The molecule has 0 saturated heterocycles. The summed E-state index contributed by atoms with van der Waals surface area (Å²) in [6, 6.07) is 14.8. The fraction of sp³-hybridized carbons (Fsp3) is 0.269. The van der Waals surface area contributed by atoms with Crippen molar-refractivity contribution in [3.63, 3.8) is 0 Å². The van der Waals surface area contributed by atoms with Crippen LogP contribution < -0.4 is 10.1 Å². The molecule has 1 aliphatic heterocycles. The number of carbonyl (C=O) groups is 1. The number of nitrogens with zero attached hydrogens (tertiary/aromatic N) is 3. The number of anilines is 1. The van der Waals surface area contributed by atoms with Crippen LogP contribution in [-0.4, -0.2) is 33.9 Å². The first-order valence-corrected chi connectivity index (χ1v) is 12.7. The zero-order valence-electron chi connectivity index (χ0n) is 19.7. The van der Waals surface area contributed by atoms with Gasteiger partial charge < -0.3 is 14.8 Å². The third kappa shape index (κ3) is 5.55. The predicted molar refractivity (Wildman–Crippen MR) is 139 cm³/mol. The van der Waals surface area contributed by atoms with E-state index in [1.807, 2.05) is 62.4 Å². The summed E-state index contributed by atoms with van der Waals surface area (Å²) < 4.78 is 13.2. The van der Waals surface area contributed by atoms with E-state index in [4.69, 9.17) is 26.2 Å². The molecule has 2 aromatic carbocycles. The first kappa shape index (κ1) is 24.9. The number of benzene rings is 2. The summed E-state index contributed by atoms with van der Waals surface area (Å²) in [5.41, 5.74) is 2.90. The standard InChI is InChI=1S/C26H27ClN4O3S/c1-4-14-33-21-13-9-7-11-19(21)23-22(24(32)34-15-5-2)17(3)28-25-29-26(30-31(23)25)35-16-18-10-6-8-12-20(18)27/h5-13,23H,2,4,14-16H2,1,3H3,(H,28,29,30). The highest BCUT2D eigenvalue weighted by molar-refractivity contribution is 7.98. The average Bonchev–Trinajstić information content (AvgIpc) is 3.27. The Morgan fingerprint density at radius 3 is 2.80 bits per heavy atom. The van der Waals surface area contributed by atoms with Crippen molar-refractivity contribution in [2.24, 2.45) is 0 Å². The normalized spacial score (nSPS) is 14.8. The van der Waals surface area contributed by atoms with E-state index in [1.54, 1.807) is 10.8 Å². The van der Waals surface area contributed by atoms with E-state index in [0.717, 1.165) is 17.5 Å². The van der Waals surface area contributed by atoms with Gasteiger partial charge in [0.2, 0.25) is 11.1 Å². The molecule has 0 spiro atoms. The van der Waals surface area contributed by atoms with Gasteiger partial charge in [-0.2, -0.15) is 4.98 Å². The van der Waals surface area contributed by atoms with Crippen molar-refractivity contribution in [2.75, 3.05) is 18.5 Å². The Bertz CT molecular complexity index is 1260. The molecule has 1 unspecified atom stereocenters. The van der Waals surface area contributed by atoms with Crippen LogP contribution in [0.5, 0.6) is 5.75 Å². The number of hydrogen-bond donors (Lipinski definition) is 1. The van der Waals surface area contributed by atoms with E-state index in [-0.39, 0.29) is 6.61 Å². The van der Waals surface area contributed by atoms with Crippen molar-refractivity contribution in [1.82, 2.24) is 14.8 Å². The highest BCUT2D eigenvalue weighted by Gasteiger charge is 2.36. The Hall–Kier alpha value is -3.23. The number of allylic oxidation sites excluding steroid dienone is 1. The first-order chi connectivity index (χ1) is 17.0. The van der Waals surface area contributed by atoms with Gasteiger partial charge in [0.05, 0.1) is 12.2 Å². The second kappa shape index (κ2) is 11.5. The molecule has 1 N–H and O–H groups in total. The highest BCUT2D eigenvalue weighted by Crippen LogP contribution is 2.40. The minimum Gasteiger partial charge on any atom is -0.493 e. The number of esters is 1. The summed E-state index contributed by atoms with van der Waals surface area (Å²) in [5, 5.41) is 9.26. The monoisotopic (exact) mass is 510 g/mol. The summed E-state index contributed by atoms with van der Waals surface area (Å²) >= 11 is 7.79. The van der Waals surface area contributed by atoms with E-state index in [9.17, 15) is 4.79 Å². The maximum absolute atomic E-state index is 13.2. The van der Waals surface area contributed by atoms with Gasteiger partial charge in [-0.05, 0) is 31.0 Å². The van der Waals surface area contributed by atoms with Crippen LogP contribution in [0, 0.1) is 0 Å². The second-order valence-corrected chi connectivity index (χ2v) is 9.23. The molecular weight excluding hydrogens is 484 g/mol. The first-order valence-electron chi connectivity index (χ1n) is 11.3. The van der Waals surface area contributed by atoms with Gasteiger partial charge in [-0.15, -0.1) is 5.10 Å². The minimum absolute atomic E-state index is 0.111.